The number of anilines is 9. The zero-order chi connectivity index (χ0) is 81.6. The molecule has 0 amide bonds. The molecule has 0 fully saturated rings. The molecule has 5 nitrogen and oxygen atoms in total. The van der Waals surface area contributed by atoms with Crippen LogP contribution in [0.15, 0.2) is 338 Å². The van der Waals surface area contributed by atoms with Crippen LogP contribution >= 0.6 is 22.7 Å². The van der Waals surface area contributed by atoms with Crippen LogP contribution in [-0.4, -0.2) is 11.3 Å². The molecule has 0 saturated heterocycles. The molecular formula is C112H91BN4OS2. The summed E-state index contributed by atoms with van der Waals surface area (Å²) in [7, 11) is 0. The second-order valence-corrected chi connectivity index (χ2v) is 39.4. The van der Waals surface area contributed by atoms with Gasteiger partial charge in [0.15, 0.2) is 0 Å². The quantitative estimate of drug-likeness (QED) is 0.128. The number of nitrogens with zero attached hydrogens (tertiary/aromatic N) is 4. The van der Waals surface area contributed by atoms with Gasteiger partial charge in [0, 0.05) is 119 Å². The Bertz CT molecular complexity index is 7510. The molecule has 0 atom stereocenters. The molecule has 0 spiro atoms. The van der Waals surface area contributed by atoms with Crippen LogP contribution in [0.4, 0.5) is 51.2 Å². The molecule has 120 heavy (non-hydrogen) atoms. The topological polar surface area (TPSA) is 27.8 Å². The molecule has 0 N–H and O–H groups in total. The summed E-state index contributed by atoms with van der Waals surface area (Å²) in [5.41, 5.74) is 32.6. The second-order valence-electron chi connectivity index (χ2n) is 37.2. The van der Waals surface area contributed by atoms with E-state index in [1.165, 1.54) is 101 Å². The Labute approximate surface area is 710 Å². The molecule has 0 radical (unpaired) electrons. The van der Waals surface area contributed by atoms with Gasteiger partial charge < -0.3 is 23.7 Å². The third kappa shape index (κ3) is 11.9. The summed E-state index contributed by atoms with van der Waals surface area (Å²) < 4.78 is 14.2. The lowest BCUT2D eigenvalue weighted by Gasteiger charge is -2.45. The van der Waals surface area contributed by atoms with Crippen molar-refractivity contribution in [1.82, 2.24) is 4.57 Å². The van der Waals surface area contributed by atoms with Crippen molar-refractivity contribution >= 4 is 181 Å². The van der Waals surface area contributed by atoms with E-state index >= 15 is 0 Å². The van der Waals surface area contributed by atoms with E-state index < -0.39 is 0 Å². The standard InChI is InChI=1S/C112H91BN4OS2/c1-109(2,3)74-39-45-79(46-40-74)114(80-47-41-75(42-48-80)110(4,5)6)81-49-52-89-95(67-81)117(91-54-44-77(112(10,11)12)66-86(91)69-28-18-14-19-29-69)97-64-73(72-36-50-82-93(61-72)115(78-30-20-15-21-31-78)92-55-58-102-106(104(82)92)84-33-23-25-35-100(84)119-102)63-96-108(97)113(89)88-51-37-71(62-94(88)116(96)90-53-43-76(111(7,8)9)65-85(90)68-26-16-13-17-27-68)70-38-57-101-87(60-70)107-103(120-101)59-56-99-105(107)83-32-22-24-34-98(83)118-99/h13-67H,1-12H3. The van der Waals surface area contributed by atoms with E-state index in [9.17, 15) is 0 Å². The number of hydrogen-bond acceptors (Lipinski definition) is 6. The highest BCUT2D eigenvalue weighted by molar-refractivity contribution is 7.26. The van der Waals surface area contributed by atoms with Gasteiger partial charge in [-0.2, -0.15) is 0 Å². The Hall–Kier alpha value is -13.0. The molecule has 22 rings (SSSR count). The lowest BCUT2D eigenvalue weighted by molar-refractivity contribution is 0.590. The van der Waals surface area contributed by atoms with Crippen molar-refractivity contribution < 1.29 is 4.42 Å². The fraction of sp³-hybridized carbons (Fsp3) is 0.143. The average Bonchev–Trinajstić information content (AvgIpc) is 0.848. The molecule has 4 aromatic heterocycles. The van der Waals surface area contributed by atoms with Crippen LogP contribution in [0.25, 0.3) is 134 Å². The van der Waals surface area contributed by atoms with Crippen molar-refractivity contribution in [1.29, 1.82) is 0 Å². The summed E-state index contributed by atoms with van der Waals surface area (Å²) in [6.07, 6.45) is 0. The van der Waals surface area contributed by atoms with Gasteiger partial charge in [-0.3, -0.25) is 0 Å². The first kappa shape index (κ1) is 73.4. The summed E-state index contributed by atoms with van der Waals surface area (Å²) in [6.45, 7) is 27.6. The number of para-hydroxylation sites is 2. The van der Waals surface area contributed by atoms with Gasteiger partial charge in [-0.15, -0.1) is 22.7 Å². The van der Waals surface area contributed by atoms with E-state index in [4.69, 9.17) is 4.42 Å². The molecule has 6 heterocycles. The first-order chi connectivity index (χ1) is 58.0. The predicted molar refractivity (Wildman–Crippen MR) is 519 cm³/mol. The number of furan rings is 1. The van der Waals surface area contributed by atoms with Crippen LogP contribution in [-0.2, 0) is 21.7 Å². The van der Waals surface area contributed by atoms with Crippen LogP contribution in [0.3, 0.4) is 0 Å². The van der Waals surface area contributed by atoms with Gasteiger partial charge >= 0.3 is 0 Å². The zero-order valence-corrected chi connectivity index (χ0v) is 71.5. The lowest BCUT2D eigenvalue weighted by atomic mass is 9.33. The lowest BCUT2D eigenvalue weighted by Crippen LogP contribution is -2.61. The number of benzene rings is 16. The van der Waals surface area contributed by atoms with Crippen LogP contribution in [0.5, 0.6) is 0 Å². The maximum absolute atomic E-state index is 6.63. The minimum Gasteiger partial charge on any atom is -0.456 e. The van der Waals surface area contributed by atoms with Crippen molar-refractivity contribution in [3.8, 4) is 50.2 Å². The molecule has 0 bridgehead atoms. The number of thiophene rings is 2. The smallest absolute Gasteiger partial charge is 0.252 e. The molecule has 580 valence electrons. The van der Waals surface area contributed by atoms with E-state index in [0.29, 0.717) is 0 Å². The maximum atomic E-state index is 6.63. The van der Waals surface area contributed by atoms with Crippen LogP contribution in [0.1, 0.15) is 105 Å². The van der Waals surface area contributed by atoms with Crippen molar-refractivity contribution in [2.24, 2.45) is 0 Å². The number of aromatic nitrogens is 1. The Balaban J connectivity index is 0.875. The van der Waals surface area contributed by atoms with Gasteiger partial charge in [-0.1, -0.05) is 271 Å². The fourth-order valence-corrected chi connectivity index (χ4v) is 21.6. The Morgan fingerprint density at radius 2 is 0.733 bits per heavy atom. The van der Waals surface area contributed by atoms with Crippen LogP contribution in [0.2, 0.25) is 0 Å². The summed E-state index contributed by atoms with van der Waals surface area (Å²) in [5, 5.41) is 9.86. The van der Waals surface area contributed by atoms with E-state index in [2.05, 4.69) is 436 Å². The van der Waals surface area contributed by atoms with Crippen molar-refractivity contribution in [2.45, 2.75) is 105 Å². The van der Waals surface area contributed by atoms with Crippen LogP contribution < -0.4 is 31.1 Å². The number of rotatable bonds is 10. The first-order valence-electron chi connectivity index (χ1n) is 42.2. The van der Waals surface area contributed by atoms with E-state index in [1.54, 1.807) is 0 Å². The van der Waals surface area contributed by atoms with E-state index in [-0.39, 0.29) is 28.4 Å². The monoisotopic (exact) mass is 1580 g/mol. The van der Waals surface area contributed by atoms with Crippen LogP contribution in [0, 0.1) is 0 Å². The molecule has 0 aliphatic carbocycles. The predicted octanol–water partition coefficient (Wildman–Crippen LogP) is 30.8. The molecule has 2 aliphatic rings. The molecule has 8 heteroatoms. The fourth-order valence-electron chi connectivity index (χ4n) is 19.4. The molecule has 20 aromatic rings. The molecule has 0 unspecified atom stereocenters. The Morgan fingerprint density at radius 1 is 0.275 bits per heavy atom. The summed E-state index contributed by atoms with van der Waals surface area (Å²) in [5.74, 6) is 0. The third-order valence-corrected chi connectivity index (χ3v) is 27.9. The first-order valence-corrected chi connectivity index (χ1v) is 43.8. The average molecular weight is 1580 g/mol. The summed E-state index contributed by atoms with van der Waals surface area (Å²) in [4.78, 5) is 7.87. The van der Waals surface area contributed by atoms with Crippen molar-refractivity contribution in [3.05, 3.63) is 356 Å². The normalized spacial score (nSPS) is 13.1. The van der Waals surface area contributed by atoms with E-state index in [1.807, 2.05) is 22.7 Å². The zero-order valence-electron chi connectivity index (χ0n) is 69.8. The highest BCUT2D eigenvalue weighted by Gasteiger charge is 2.46. The Morgan fingerprint density at radius 3 is 1.33 bits per heavy atom. The van der Waals surface area contributed by atoms with Crippen molar-refractivity contribution in [3.63, 3.8) is 0 Å². The highest BCUT2D eigenvalue weighted by atomic mass is 32.1. The third-order valence-electron chi connectivity index (χ3n) is 25.6. The van der Waals surface area contributed by atoms with Gasteiger partial charge in [0.2, 0.25) is 0 Å². The van der Waals surface area contributed by atoms with Gasteiger partial charge in [-0.05, 0) is 239 Å². The van der Waals surface area contributed by atoms with Gasteiger partial charge in [0.25, 0.3) is 6.71 Å². The molecular weight excluding hydrogens is 1490 g/mol. The minimum absolute atomic E-state index is 0.0478. The van der Waals surface area contributed by atoms with Gasteiger partial charge in [0.1, 0.15) is 11.2 Å². The highest BCUT2D eigenvalue weighted by Crippen LogP contribution is 2.55. The molecule has 2 aliphatic heterocycles. The van der Waals surface area contributed by atoms with Gasteiger partial charge in [0.05, 0.1) is 22.4 Å². The largest absolute Gasteiger partial charge is 0.456 e. The number of hydrogen-bond donors (Lipinski definition) is 0. The molecule has 16 aromatic carbocycles. The maximum Gasteiger partial charge on any atom is 0.252 e. The number of fused-ring (bicyclic) bond motifs is 18. The van der Waals surface area contributed by atoms with Gasteiger partial charge in [-0.25, -0.2) is 0 Å². The van der Waals surface area contributed by atoms with E-state index in [0.717, 1.165) is 123 Å². The summed E-state index contributed by atoms with van der Waals surface area (Å²) >= 11 is 3.74. The summed E-state index contributed by atoms with van der Waals surface area (Å²) in [6, 6.07) is 128. The Kier molecular flexibility index (Phi) is 16.7. The molecule has 0 saturated carbocycles. The second kappa shape index (κ2) is 27.3. The minimum atomic E-state index is -0.268. The SMILES string of the molecule is CC(C)(C)c1ccc(N(c2ccc(C(C)(C)C)cc2)c2ccc3c(c2)N(c2ccc(C(C)(C)C)cc2-c2ccccc2)c2cc(-c4ccc5c6c7c(ccc6n(-c6ccccc6)c5c4)sc4ccccc47)cc4c2B3c2ccc(-c3ccc5sc6ccc7oc8ccccc8c7c6c5c3)cc2N4c2ccc(C(C)(C)C)cc2-c2ccccc2)cc1. The van der Waals surface area contributed by atoms with Crippen molar-refractivity contribution in [2.75, 3.05) is 14.7 Å².